The monoisotopic (exact) mass is 187 g/mol. The van der Waals surface area contributed by atoms with Gasteiger partial charge in [0, 0.05) is 21.2 Å². The molecule has 6 nitrogen and oxygen atoms in total. The van der Waals surface area contributed by atoms with Gasteiger partial charge in [0.05, 0.1) is 6.61 Å². The van der Waals surface area contributed by atoms with Crippen LogP contribution in [-0.2, 0) is 18.8 Å². The first-order valence-electron chi connectivity index (χ1n) is 3.88. The lowest BCUT2D eigenvalue weighted by Gasteiger charge is -2.01. The maximum atomic E-state index is 11.2. The van der Waals surface area contributed by atoms with E-state index in [0.717, 1.165) is 0 Å². The van der Waals surface area contributed by atoms with E-state index in [0.29, 0.717) is 19.2 Å². The molecule has 1 heterocycles. The highest BCUT2D eigenvalue weighted by molar-refractivity contribution is 4.91. The first kappa shape index (κ1) is 9.79. The van der Waals surface area contributed by atoms with Crippen LogP contribution in [0.5, 0.6) is 6.01 Å². The summed E-state index contributed by atoms with van der Waals surface area (Å²) in [5, 5.41) is 3.87. The molecule has 0 aliphatic heterocycles. The molecular weight excluding hydrogens is 174 g/mol. The Morgan fingerprint density at radius 3 is 2.54 bits per heavy atom. The van der Waals surface area contributed by atoms with E-state index in [2.05, 4.69) is 5.10 Å². The van der Waals surface area contributed by atoms with Crippen LogP contribution in [0.4, 0.5) is 0 Å². The SMILES string of the molecule is COCCOc1nn(C)c(=O)n1C. The number of aromatic nitrogens is 3. The lowest BCUT2D eigenvalue weighted by Crippen LogP contribution is -2.20. The van der Waals surface area contributed by atoms with Crippen molar-refractivity contribution in [2.24, 2.45) is 14.1 Å². The van der Waals surface area contributed by atoms with Gasteiger partial charge in [0.25, 0.3) is 0 Å². The van der Waals surface area contributed by atoms with Crippen LogP contribution in [0, 0.1) is 0 Å². The Kier molecular flexibility index (Phi) is 3.07. The van der Waals surface area contributed by atoms with Gasteiger partial charge in [0.15, 0.2) is 0 Å². The molecular formula is C7H13N3O3. The molecule has 13 heavy (non-hydrogen) atoms. The summed E-state index contributed by atoms with van der Waals surface area (Å²) in [7, 11) is 4.77. The van der Waals surface area contributed by atoms with E-state index >= 15 is 0 Å². The molecule has 0 aromatic carbocycles. The lowest BCUT2D eigenvalue weighted by molar-refractivity contribution is 0.138. The van der Waals surface area contributed by atoms with E-state index in [1.54, 1.807) is 21.2 Å². The van der Waals surface area contributed by atoms with E-state index in [1.165, 1.54) is 9.25 Å². The molecule has 1 aromatic heterocycles. The van der Waals surface area contributed by atoms with Crippen LogP contribution < -0.4 is 10.4 Å². The topological polar surface area (TPSA) is 58.3 Å². The molecule has 0 spiro atoms. The first-order chi connectivity index (χ1) is 6.16. The molecule has 0 N–H and O–H groups in total. The number of nitrogens with zero attached hydrogens (tertiary/aromatic N) is 3. The van der Waals surface area contributed by atoms with Gasteiger partial charge in [-0.2, -0.15) is 0 Å². The van der Waals surface area contributed by atoms with Gasteiger partial charge < -0.3 is 9.47 Å². The van der Waals surface area contributed by atoms with Crippen LogP contribution in [0.1, 0.15) is 0 Å². The van der Waals surface area contributed by atoms with Crippen molar-refractivity contribution in [3.8, 4) is 6.01 Å². The minimum absolute atomic E-state index is 0.201. The zero-order valence-electron chi connectivity index (χ0n) is 7.98. The molecule has 0 aliphatic carbocycles. The van der Waals surface area contributed by atoms with E-state index in [9.17, 15) is 4.79 Å². The van der Waals surface area contributed by atoms with Gasteiger partial charge >= 0.3 is 11.7 Å². The van der Waals surface area contributed by atoms with Crippen LogP contribution in [0.3, 0.4) is 0 Å². The van der Waals surface area contributed by atoms with Crippen molar-refractivity contribution >= 4 is 0 Å². The van der Waals surface area contributed by atoms with E-state index in [-0.39, 0.29) is 5.69 Å². The van der Waals surface area contributed by atoms with Crippen LogP contribution in [0.25, 0.3) is 0 Å². The molecule has 0 saturated carbocycles. The number of hydrogen-bond donors (Lipinski definition) is 0. The molecule has 0 unspecified atom stereocenters. The van der Waals surface area contributed by atoms with Crippen molar-refractivity contribution in [2.75, 3.05) is 20.3 Å². The third kappa shape index (κ3) is 2.09. The molecule has 6 heteroatoms. The summed E-state index contributed by atoms with van der Waals surface area (Å²) < 4.78 is 12.5. The lowest BCUT2D eigenvalue weighted by atomic mass is 10.8. The highest BCUT2D eigenvalue weighted by Crippen LogP contribution is 1.98. The van der Waals surface area contributed by atoms with Gasteiger partial charge in [-0.3, -0.25) is 0 Å². The van der Waals surface area contributed by atoms with Crippen molar-refractivity contribution in [1.29, 1.82) is 0 Å². The Labute approximate surface area is 75.7 Å². The van der Waals surface area contributed by atoms with E-state index in [1.807, 2.05) is 0 Å². The Morgan fingerprint density at radius 1 is 1.38 bits per heavy atom. The minimum Gasteiger partial charge on any atom is -0.461 e. The second-order valence-electron chi connectivity index (χ2n) is 2.59. The summed E-state index contributed by atoms with van der Waals surface area (Å²) in [5.74, 6) is 0. The van der Waals surface area contributed by atoms with Gasteiger partial charge in [-0.25, -0.2) is 14.0 Å². The van der Waals surface area contributed by atoms with Crippen molar-refractivity contribution in [2.45, 2.75) is 0 Å². The van der Waals surface area contributed by atoms with Gasteiger partial charge in [0.1, 0.15) is 6.61 Å². The largest absolute Gasteiger partial charge is 0.461 e. The standard InChI is InChI=1S/C7H13N3O3/c1-9-6(13-5-4-12-3)8-10(2)7(9)11/h4-5H2,1-3H3. The molecule has 0 atom stereocenters. The number of hydrogen-bond acceptors (Lipinski definition) is 4. The Hall–Kier alpha value is -1.30. The van der Waals surface area contributed by atoms with Crippen molar-refractivity contribution < 1.29 is 9.47 Å². The summed E-state index contributed by atoms with van der Waals surface area (Å²) >= 11 is 0. The van der Waals surface area contributed by atoms with Crippen LogP contribution in [-0.4, -0.2) is 34.7 Å². The predicted octanol–water partition coefficient (Wildman–Crippen LogP) is -0.856. The summed E-state index contributed by atoms with van der Waals surface area (Å²) in [5.41, 5.74) is -0.201. The summed E-state index contributed by atoms with van der Waals surface area (Å²) in [4.78, 5) is 11.2. The number of ether oxygens (including phenoxy) is 2. The minimum atomic E-state index is -0.201. The van der Waals surface area contributed by atoms with E-state index in [4.69, 9.17) is 9.47 Å². The van der Waals surface area contributed by atoms with Crippen molar-refractivity contribution in [3.05, 3.63) is 10.5 Å². The second-order valence-corrected chi connectivity index (χ2v) is 2.59. The normalized spacial score (nSPS) is 10.4. The molecule has 1 rings (SSSR count). The third-order valence-corrected chi connectivity index (χ3v) is 1.60. The van der Waals surface area contributed by atoms with Gasteiger partial charge in [-0.15, -0.1) is 5.10 Å². The van der Waals surface area contributed by atoms with Crippen molar-refractivity contribution in [1.82, 2.24) is 14.3 Å². The molecule has 0 radical (unpaired) electrons. The zero-order chi connectivity index (χ0) is 9.84. The third-order valence-electron chi connectivity index (χ3n) is 1.60. The van der Waals surface area contributed by atoms with Crippen LogP contribution in [0.15, 0.2) is 4.79 Å². The fraction of sp³-hybridized carbons (Fsp3) is 0.714. The van der Waals surface area contributed by atoms with E-state index < -0.39 is 0 Å². The van der Waals surface area contributed by atoms with Gasteiger partial charge in [0.2, 0.25) is 0 Å². The number of methoxy groups -OCH3 is 1. The summed E-state index contributed by atoms with van der Waals surface area (Å²) in [6.07, 6.45) is 0. The zero-order valence-corrected chi connectivity index (χ0v) is 7.98. The first-order valence-corrected chi connectivity index (χ1v) is 3.88. The highest BCUT2D eigenvalue weighted by atomic mass is 16.5. The predicted molar refractivity (Wildman–Crippen MR) is 45.8 cm³/mol. The summed E-state index contributed by atoms with van der Waals surface area (Å²) in [6.45, 7) is 0.867. The highest BCUT2D eigenvalue weighted by Gasteiger charge is 2.07. The van der Waals surface area contributed by atoms with Crippen molar-refractivity contribution in [3.63, 3.8) is 0 Å². The average molecular weight is 187 g/mol. The Bertz CT molecular complexity index is 328. The molecule has 1 aromatic rings. The smallest absolute Gasteiger partial charge is 0.348 e. The molecule has 0 fully saturated rings. The van der Waals surface area contributed by atoms with Crippen LogP contribution >= 0.6 is 0 Å². The van der Waals surface area contributed by atoms with Gasteiger partial charge in [-0.1, -0.05) is 0 Å². The fourth-order valence-electron chi connectivity index (χ4n) is 0.879. The maximum absolute atomic E-state index is 11.2. The Balaban J connectivity index is 2.67. The summed E-state index contributed by atoms with van der Waals surface area (Å²) in [6, 6.07) is 0.310. The molecule has 0 bridgehead atoms. The quantitative estimate of drug-likeness (QED) is 0.576. The molecule has 0 amide bonds. The Morgan fingerprint density at radius 2 is 2.08 bits per heavy atom. The second kappa shape index (κ2) is 4.08. The van der Waals surface area contributed by atoms with Gasteiger partial charge in [-0.05, 0) is 0 Å². The number of rotatable bonds is 4. The molecule has 74 valence electrons. The number of aryl methyl sites for hydroxylation is 1. The van der Waals surface area contributed by atoms with Crippen LogP contribution in [0.2, 0.25) is 0 Å². The molecule has 0 saturated heterocycles. The fourth-order valence-corrected chi connectivity index (χ4v) is 0.879. The molecule has 0 aliphatic rings. The maximum Gasteiger partial charge on any atom is 0.348 e. The average Bonchev–Trinajstić information content (AvgIpc) is 2.34.